The van der Waals surface area contributed by atoms with Crippen molar-refractivity contribution >= 4 is 28.7 Å². The molecule has 2 aromatic carbocycles. The highest BCUT2D eigenvalue weighted by atomic mass is 16.3. The molecule has 1 amide bonds. The zero-order chi connectivity index (χ0) is 25.8. The van der Waals surface area contributed by atoms with Crippen LogP contribution in [0.1, 0.15) is 39.0 Å². The molecular weight excluding hydrogens is 460 g/mol. The van der Waals surface area contributed by atoms with Gasteiger partial charge < -0.3 is 19.4 Å². The molecule has 8 nitrogen and oxygen atoms in total. The number of ketones is 1. The molecule has 0 radical (unpaired) electrons. The monoisotopic (exact) mass is 484 g/mol. The summed E-state index contributed by atoms with van der Waals surface area (Å²) in [5.74, 6) is -0.844. The average Bonchev–Trinajstić information content (AvgIpc) is 3.55. The molecule has 0 saturated heterocycles. The molecule has 1 atom stereocenters. The fourth-order valence-electron chi connectivity index (χ4n) is 4.48. The van der Waals surface area contributed by atoms with Crippen molar-refractivity contribution in [3.05, 3.63) is 106 Å². The highest BCUT2D eigenvalue weighted by molar-refractivity contribution is 6.15. The number of aromatic amines is 1. The number of hydrogen-bond donors (Lipinski definition) is 2. The molecular formula is C28H24N2O6. The smallest absolute Gasteiger partial charge is 0.373 e. The third-order valence-corrected chi connectivity index (χ3v) is 6.20. The second-order valence-corrected chi connectivity index (χ2v) is 8.51. The lowest BCUT2D eigenvalue weighted by atomic mass is 9.94. The van der Waals surface area contributed by atoms with Crippen molar-refractivity contribution in [3.63, 3.8) is 0 Å². The molecule has 8 heteroatoms. The molecule has 0 fully saturated rings. The predicted molar refractivity (Wildman–Crippen MR) is 130 cm³/mol. The van der Waals surface area contributed by atoms with E-state index < -0.39 is 23.5 Å². The van der Waals surface area contributed by atoms with Crippen LogP contribution in [0.4, 0.5) is 0 Å². The van der Waals surface area contributed by atoms with Gasteiger partial charge in [-0.15, -0.1) is 0 Å². The quantitative estimate of drug-likeness (QED) is 0.386. The van der Waals surface area contributed by atoms with Gasteiger partial charge in [0.1, 0.15) is 5.76 Å². The lowest BCUT2D eigenvalue weighted by Crippen LogP contribution is -2.33. The summed E-state index contributed by atoms with van der Waals surface area (Å²) < 4.78 is 5.52. The molecule has 0 saturated carbocycles. The Labute approximate surface area is 206 Å². The number of rotatable bonds is 6. The number of H-pyrrole nitrogens is 1. The van der Waals surface area contributed by atoms with Crippen LogP contribution in [-0.2, 0) is 20.8 Å². The summed E-state index contributed by atoms with van der Waals surface area (Å²) >= 11 is 0. The van der Waals surface area contributed by atoms with E-state index in [2.05, 4.69) is 4.98 Å². The number of amides is 1. The third-order valence-electron chi connectivity index (χ3n) is 6.20. The summed E-state index contributed by atoms with van der Waals surface area (Å²) in [6, 6.07) is 18.2. The first-order valence-electron chi connectivity index (χ1n) is 11.3. The molecule has 0 spiro atoms. The van der Waals surface area contributed by atoms with Crippen LogP contribution in [0.15, 0.2) is 82.6 Å². The topological polar surface area (TPSA) is 121 Å². The summed E-state index contributed by atoms with van der Waals surface area (Å²) in [5, 5.41) is 11.9. The number of aliphatic hydroxyl groups excluding tert-OH is 1. The molecule has 4 aromatic rings. The number of carbonyl (C=O) groups is 2. The van der Waals surface area contributed by atoms with E-state index in [-0.39, 0.29) is 17.5 Å². The van der Waals surface area contributed by atoms with Gasteiger partial charge in [-0.25, -0.2) is 0 Å². The Morgan fingerprint density at radius 1 is 1.06 bits per heavy atom. The zero-order valence-corrected chi connectivity index (χ0v) is 19.8. The number of benzene rings is 2. The molecule has 36 heavy (non-hydrogen) atoms. The van der Waals surface area contributed by atoms with E-state index in [0.29, 0.717) is 18.7 Å². The third kappa shape index (κ3) is 4.62. The second-order valence-electron chi connectivity index (χ2n) is 8.51. The van der Waals surface area contributed by atoms with Crippen molar-refractivity contribution in [2.45, 2.75) is 26.3 Å². The number of furan rings is 1. The van der Waals surface area contributed by atoms with Crippen LogP contribution in [0.2, 0.25) is 0 Å². The Morgan fingerprint density at radius 3 is 2.42 bits per heavy atom. The summed E-state index contributed by atoms with van der Waals surface area (Å²) in [4.78, 5) is 47.6. The number of nitrogens with zero attached hydrogens (tertiary/aromatic N) is 1. The van der Waals surface area contributed by atoms with E-state index in [1.54, 1.807) is 24.0 Å². The van der Waals surface area contributed by atoms with Gasteiger partial charge in [0, 0.05) is 23.6 Å². The normalized spacial score (nSPS) is 15.1. The predicted octanol–water partition coefficient (Wildman–Crippen LogP) is 4.62. The van der Waals surface area contributed by atoms with E-state index in [4.69, 9.17) is 14.0 Å². The highest BCUT2D eigenvalue weighted by Crippen LogP contribution is 2.39. The standard InChI is InChI=1S/C27H24N2O4.CO2/c1-16-7-10-18(11-8-16)24-23(25(30)22-12-9-17(2)33-22)26(31)27(32)29(24)14-13-19-15-28-21-6-4-3-5-20(19)21;2-1-3/h3-12,15,24,28,31H,13-14H2,1-2H3;. The van der Waals surface area contributed by atoms with Crippen molar-refractivity contribution in [1.82, 2.24) is 9.88 Å². The van der Waals surface area contributed by atoms with Gasteiger partial charge in [-0.2, -0.15) is 9.59 Å². The van der Waals surface area contributed by atoms with Gasteiger partial charge in [0.25, 0.3) is 5.91 Å². The van der Waals surface area contributed by atoms with Gasteiger partial charge in [0.15, 0.2) is 11.5 Å². The van der Waals surface area contributed by atoms with Crippen molar-refractivity contribution in [3.8, 4) is 0 Å². The van der Waals surface area contributed by atoms with Gasteiger partial charge >= 0.3 is 6.15 Å². The van der Waals surface area contributed by atoms with Crippen LogP contribution in [0.5, 0.6) is 0 Å². The van der Waals surface area contributed by atoms with E-state index in [1.807, 2.05) is 61.7 Å². The van der Waals surface area contributed by atoms with Crippen molar-refractivity contribution in [1.29, 1.82) is 0 Å². The van der Waals surface area contributed by atoms with Gasteiger partial charge in [0.2, 0.25) is 5.78 Å². The van der Waals surface area contributed by atoms with Gasteiger partial charge in [-0.1, -0.05) is 48.0 Å². The highest BCUT2D eigenvalue weighted by Gasteiger charge is 2.44. The van der Waals surface area contributed by atoms with Crippen LogP contribution in [-0.4, -0.2) is 39.4 Å². The Bertz CT molecular complexity index is 1490. The number of nitrogens with one attached hydrogen (secondary N) is 1. The Kier molecular flexibility index (Phi) is 6.99. The molecule has 2 aromatic heterocycles. The molecule has 1 aliphatic rings. The first-order valence-corrected chi connectivity index (χ1v) is 11.3. The maximum absolute atomic E-state index is 13.3. The maximum Gasteiger partial charge on any atom is 0.373 e. The SMILES string of the molecule is Cc1ccc(C2C(C(=O)c3ccc(C)o3)=C(O)C(=O)N2CCc2c[nH]c3ccccc23)cc1.O=C=O. The maximum atomic E-state index is 13.3. The van der Waals surface area contributed by atoms with E-state index in [0.717, 1.165) is 27.6 Å². The van der Waals surface area contributed by atoms with Crippen LogP contribution in [0.3, 0.4) is 0 Å². The molecule has 182 valence electrons. The largest absolute Gasteiger partial charge is 0.503 e. The van der Waals surface area contributed by atoms with E-state index in [9.17, 15) is 14.7 Å². The van der Waals surface area contributed by atoms with Crippen LogP contribution in [0.25, 0.3) is 10.9 Å². The lowest BCUT2D eigenvalue weighted by molar-refractivity contribution is -0.191. The van der Waals surface area contributed by atoms with Gasteiger partial charge in [0.05, 0.1) is 11.6 Å². The minimum atomic E-state index is -0.693. The summed E-state index contributed by atoms with van der Waals surface area (Å²) in [6.45, 7) is 4.07. The van der Waals surface area contributed by atoms with Crippen LogP contribution >= 0.6 is 0 Å². The number of fused-ring (bicyclic) bond motifs is 1. The number of para-hydroxylation sites is 1. The van der Waals surface area contributed by atoms with Gasteiger partial charge in [-0.3, -0.25) is 9.59 Å². The summed E-state index contributed by atoms with van der Waals surface area (Å²) in [6.07, 6.45) is 2.77. The van der Waals surface area contributed by atoms with Crippen molar-refractivity contribution in [2.75, 3.05) is 6.54 Å². The number of hydrogen-bond acceptors (Lipinski definition) is 6. The number of aliphatic hydroxyl groups is 1. The van der Waals surface area contributed by atoms with Crippen molar-refractivity contribution in [2.24, 2.45) is 0 Å². The van der Waals surface area contributed by atoms with Gasteiger partial charge in [-0.05, 0) is 49.6 Å². The average molecular weight is 485 g/mol. The molecule has 1 unspecified atom stereocenters. The Balaban J connectivity index is 0.000000967. The molecule has 3 heterocycles. The first-order chi connectivity index (χ1) is 17.3. The van der Waals surface area contributed by atoms with Crippen LogP contribution in [0, 0.1) is 13.8 Å². The first kappa shape index (κ1) is 24.4. The number of aryl methyl sites for hydroxylation is 2. The fourth-order valence-corrected chi connectivity index (χ4v) is 4.48. The van der Waals surface area contributed by atoms with E-state index in [1.165, 1.54) is 0 Å². The van der Waals surface area contributed by atoms with Crippen LogP contribution < -0.4 is 0 Å². The summed E-state index contributed by atoms with van der Waals surface area (Å²) in [7, 11) is 0. The zero-order valence-electron chi connectivity index (χ0n) is 19.8. The number of carbonyl (C=O) groups excluding carboxylic acids is 4. The van der Waals surface area contributed by atoms with Crippen molar-refractivity contribution < 1.29 is 28.7 Å². The molecule has 2 N–H and O–H groups in total. The second kappa shape index (κ2) is 10.3. The lowest BCUT2D eigenvalue weighted by Gasteiger charge is -2.26. The number of Topliss-reactive ketones (excluding diaryl/α,β-unsaturated/α-hetero) is 1. The Hall–Kier alpha value is -4.68. The minimum Gasteiger partial charge on any atom is -0.503 e. The Morgan fingerprint density at radius 2 is 1.75 bits per heavy atom. The molecule has 1 aliphatic heterocycles. The molecule has 0 aliphatic carbocycles. The minimum absolute atomic E-state index is 0.0529. The fraction of sp³-hybridized carbons (Fsp3) is 0.179. The molecule has 5 rings (SSSR count). The summed E-state index contributed by atoms with van der Waals surface area (Å²) in [5.41, 5.74) is 3.99. The molecule has 0 bridgehead atoms. The van der Waals surface area contributed by atoms with E-state index >= 15 is 0 Å². The number of aromatic nitrogens is 1.